The Morgan fingerprint density at radius 1 is 1.32 bits per heavy atom. The van der Waals surface area contributed by atoms with E-state index < -0.39 is 0 Å². The molecule has 142 valence electrons. The van der Waals surface area contributed by atoms with Crippen LogP contribution in [0, 0.1) is 0 Å². The van der Waals surface area contributed by atoms with E-state index in [0.717, 1.165) is 50.9 Å². The van der Waals surface area contributed by atoms with Crippen LogP contribution in [0.15, 0.2) is 35.3 Å². The zero-order valence-corrected chi connectivity index (χ0v) is 18.5. The number of ether oxygens (including phenoxy) is 2. The Balaban J connectivity index is 0.00000312. The van der Waals surface area contributed by atoms with Crippen LogP contribution in [0.1, 0.15) is 12.8 Å². The fourth-order valence-electron chi connectivity index (χ4n) is 2.74. The SMILES string of the molecule is CN=C(NCC1(SC)CCOCC1)N(C)CCOc1ccccc1.I. The van der Waals surface area contributed by atoms with E-state index in [0.29, 0.717) is 6.61 Å². The summed E-state index contributed by atoms with van der Waals surface area (Å²) >= 11 is 1.93. The van der Waals surface area contributed by atoms with Crippen molar-refractivity contribution in [2.24, 2.45) is 4.99 Å². The van der Waals surface area contributed by atoms with Gasteiger partial charge in [-0.3, -0.25) is 4.99 Å². The number of para-hydroxylation sites is 1. The molecule has 5 nitrogen and oxygen atoms in total. The molecule has 0 aliphatic carbocycles. The van der Waals surface area contributed by atoms with Gasteiger partial charge in [0.05, 0.1) is 6.54 Å². The first-order valence-corrected chi connectivity index (χ1v) is 9.64. The first-order chi connectivity index (χ1) is 11.7. The molecule has 7 heteroatoms. The van der Waals surface area contributed by atoms with E-state index in [4.69, 9.17) is 9.47 Å². The highest BCUT2D eigenvalue weighted by molar-refractivity contribution is 14.0. The maximum atomic E-state index is 5.76. The lowest BCUT2D eigenvalue weighted by molar-refractivity contribution is 0.0781. The van der Waals surface area contributed by atoms with Crippen molar-refractivity contribution in [3.8, 4) is 5.75 Å². The van der Waals surface area contributed by atoms with Crippen molar-refractivity contribution >= 4 is 41.7 Å². The average Bonchev–Trinajstić information content (AvgIpc) is 2.64. The quantitative estimate of drug-likeness (QED) is 0.370. The number of likely N-dealkylation sites (N-methyl/N-ethyl adjacent to an activating group) is 1. The summed E-state index contributed by atoms with van der Waals surface area (Å²) in [6.07, 6.45) is 4.35. The summed E-state index contributed by atoms with van der Waals surface area (Å²) in [4.78, 5) is 6.51. The summed E-state index contributed by atoms with van der Waals surface area (Å²) in [5.74, 6) is 1.81. The molecule has 0 amide bonds. The van der Waals surface area contributed by atoms with Gasteiger partial charge < -0.3 is 19.7 Å². The molecule has 1 N–H and O–H groups in total. The monoisotopic (exact) mass is 479 g/mol. The van der Waals surface area contributed by atoms with Gasteiger partial charge >= 0.3 is 0 Å². The molecule has 0 saturated carbocycles. The predicted molar refractivity (Wildman–Crippen MR) is 118 cm³/mol. The molecule has 0 radical (unpaired) electrons. The first-order valence-electron chi connectivity index (χ1n) is 8.42. The highest BCUT2D eigenvalue weighted by Gasteiger charge is 2.32. The smallest absolute Gasteiger partial charge is 0.193 e. The lowest BCUT2D eigenvalue weighted by Crippen LogP contribution is -2.48. The fourth-order valence-corrected chi connectivity index (χ4v) is 3.54. The Hall–Kier alpha value is -0.670. The average molecular weight is 479 g/mol. The van der Waals surface area contributed by atoms with E-state index in [1.165, 1.54) is 0 Å². The number of thioether (sulfide) groups is 1. The number of hydrogen-bond donors (Lipinski definition) is 1. The first kappa shape index (κ1) is 22.4. The van der Waals surface area contributed by atoms with Gasteiger partial charge in [0.2, 0.25) is 0 Å². The van der Waals surface area contributed by atoms with Gasteiger partial charge in [-0.15, -0.1) is 24.0 Å². The van der Waals surface area contributed by atoms with Gasteiger partial charge in [0.1, 0.15) is 12.4 Å². The summed E-state index contributed by atoms with van der Waals surface area (Å²) < 4.78 is 11.5. The number of guanidine groups is 1. The largest absolute Gasteiger partial charge is 0.492 e. The van der Waals surface area contributed by atoms with Crippen molar-refractivity contribution in [1.82, 2.24) is 10.2 Å². The minimum atomic E-state index is 0. The highest BCUT2D eigenvalue weighted by Crippen LogP contribution is 2.32. The Labute approximate surface area is 173 Å². The van der Waals surface area contributed by atoms with E-state index in [9.17, 15) is 0 Å². The summed E-state index contributed by atoms with van der Waals surface area (Å²) in [7, 11) is 3.87. The van der Waals surface area contributed by atoms with Gasteiger partial charge in [-0.25, -0.2) is 0 Å². The van der Waals surface area contributed by atoms with Crippen LogP contribution in [-0.2, 0) is 4.74 Å². The third-order valence-electron chi connectivity index (χ3n) is 4.42. The lowest BCUT2D eigenvalue weighted by Gasteiger charge is -2.36. The second-order valence-corrected chi connectivity index (χ2v) is 7.26. The number of rotatable bonds is 7. The van der Waals surface area contributed by atoms with Gasteiger partial charge in [-0.1, -0.05) is 18.2 Å². The summed E-state index contributed by atoms with van der Waals surface area (Å²) in [5, 5.41) is 3.52. The minimum absolute atomic E-state index is 0. The van der Waals surface area contributed by atoms with Crippen molar-refractivity contribution in [3.63, 3.8) is 0 Å². The molecule has 0 unspecified atom stereocenters. The van der Waals surface area contributed by atoms with Gasteiger partial charge in [0, 0.05) is 38.6 Å². The van der Waals surface area contributed by atoms with Gasteiger partial charge in [0.15, 0.2) is 5.96 Å². The Morgan fingerprint density at radius 2 is 2.00 bits per heavy atom. The van der Waals surface area contributed by atoms with Crippen LogP contribution in [-0.4, -0.2) is 68.9 Å². The van der Waals surface area contributed by atoms with Crippen LogP contribution < -0.4 is 10.1 Å². The van der Waals surface area contributed by atoms with Crippen LogP contribution in [0.25, 0.3) is 0 Å². The molecule has 25 heavy (non-hydrogen) atoms. The topological polar surface area (TPSA) is 46.1 Å². The van der Waals surface area contributed by atoms with Crippen molar-refractivity contribution < 1.29 is 9.47 Å². The van der Waals surface area contributed by atoms with E-state index in [1.54, 1.807) is 0 Å². The standard InChI is InChI=1S/C18H29N3O2S.HI/c1-19-17(20-15-18(24-3)9-12-22-13-10-18)21(2)11-14-23-16-7-5-4-6-8-16;/h4-8H,9-15H2,1-3H3,(H,19,20);1H. The zero-order valence-electron chi connectivity index (χ0n) is 15.4. The van der Waals surface area contributed by atoms with Crippen molar-refractivity contribution in [3.05, 3.63) is 30.3 Å². The Morgan fingerprint density at radius 3 is 2.60 bits per heavy atom. The molecule has 0 bridgehead atoms. The van der Waals surface area contributed by atoms with Crippen LogP contribution in [0.3, 0.4) is 0 Å². The van der Waals surface area contributed by atoms with Crippen molar-refractivity contribution in [2.75, 3.05) is 53.3 Å². The molecule has 1 aromatic carbocycles. The van der Waals surface area contributed by atoms with Gasteiger partial charge in [0.25, 0.3) is 0 Å². The van der Waals surface area contributed by atoms with Crippen LogP contribution in [0.2, 0.25) is 0 Å². The third-order valence-corrected chi connectivity index (χ3v) is 5.84. The maximum absolute atomic E-state index is 5.76. The summed E-state index contributed by atoms with van der Waals surface area (Å²) in [5.41, 5.74) is 0. The number of benzene rings is 1. The molecule has 1 aromatic rings. The Kier molecular flexibility index (Phi) is 10.6. The normalized spacial score (nSPS) is 16.7. The van der Waals surface area contributed by atoms with E-state index in [2.05, 4.69) is 21.5 Å². The predicted octanol–water partition coefficient (Wildman–Crippen LogP) is 3.10. The number of aliphatic imine (C=N–C) groups is 1. The molecule has 1 aliphatic rings. The van der Waals surface area contributed by atoms with Crippen molar-refractivity contribution in [2.45, 2.75) is 17.6 Å². The van der Waals surface area contributed by atoms with Gasteiger partial charge in [-0.2, -0.15) is 11.8 Å². The molecular formula is C18H30IN3O2S. The molecule has 1 heterocycles. The molecule has 1 aliphatic heterocycles. The Bertz CT molecular complexity index is 510. The second-order valence-electron chi connectivity index (χ2n) is 5.98. The third kappa shape index (κ3) is 7.22. The zero-order chi connectivity index (χ0) is 17.3. The number of hydrogen-bond acceptors (Lipinski definition) is 4. The number of nitrogens with one attached hydrogen (secondary N) is 1. The summed E-state index contributed by atoms with van der Waals surface area (Å²) in [6, 6.07) is 9.90. The molecule has 0 spiro atoms. The fraction of sp³-hybridized carbons (Fsp3) is 0.611. The molecular weight excluding hydrogens is 449 g/mol. The number of halogens is 1. The number of nitrogens with zero attached hydrogens (tertiary/aromatic N) is 2. The molecule has 0 aromatic heterocycles. The van der Waals surface area contributed by atoms with E-state index in [-0.39, 0.29) is 28.7 Å². The van der Waals surface area contributed by atoms with Crippen LogP contribution >= 0.6 is 35.7 Å². The van der Waals surface area contributed by atoms with Gasteiger partial charge in [-0.05, 0) is 31.2 Å². The summed E-state index contributed by atoms with van der Waals surface area (Å²) in [6.45, 7) is 4.02. The van der Waals surface area contributed by atoms with Crippen LogP contribution in [0.5, 0.6) is 5.75 Å². The molecule has 1 saturated heterocycles. The minimum Gasteiger partial charge on any atom is -0.492 e. The maximum Gasteiger partial charge on any atom is 0.193 e. The van der Waals surface area contributed by atoms with Crippen molar-refractivity contribution in [1.29, 1.82) is 0 Å². The van der Waals surface area contributed by atoms with E-state index >= 15 is 0 Å². The second kappa shape index (κ2) is 11.9. The molecule has 2 rings (SSSR count). The van der Waals surface area contributed by atoms with E-state index in [1.807, 2.05) is 56.2 Å². The van der Waals surface area contributed by atoms with Crippen LogP contribution in [0.4, 0.5) is 0 Å². The molecule has 0 atom stereocenters. The highest BCUT2D eigenvalue weighted by atomic mass is 127. The lowest BCUT2D eigenvalue weighted by atomic mass is 9.99. The molecule has 1 fully saturated rings.